The van der Waals surface area contributed by atoms with E-state index in [0.717, 1.165) is 38.5 Å². The number of hydrogen-bond donors (Lipinski definition) is 1. The minimum absolute atomic E-state index is 0.0938. The van der Waals surface area contributed by atoms with Crippen LogP contribution < -0.4 is 0 Å². The van der Waals surface area contributed by atoms with E-state index >= 15 is 0 Å². The average Bonchev–Trinajstić information content (AvgIpc) is 3.21. The minimum Gasteiger partial charge on any atom is -0.414 e. The van der Waals surface area contributed by atoms with Crippen molar-refractivity contribution >= 4 is 8.32 Å². The maximum Gasteiger partial charge on any atom is 0.192 e. The summed E-state index contributed by atoms with van der Waals surface area (Å²) in [6.07, 6.45) is 7.97. The molecule has 5 aliphatic rings. The molecule has 5 heteroatoms. The Balaban J connectivity index is 1.49. The Kier molecular flexibility index (Phi) is 6.28. The highest BCUT2D eigenvalue weighted by molar-refractivity contribution is 6.74. The molecule has 1 N–H and O–H groups in total. The van der Waals surface area contributed by atoms with Crippen LogP contribution in [0.5, 0.6) is 0 Å². The van der Waals surface area contributed by atoms with Gasteiger partial charge in [-0.3, -0.25) is 0 Å². The highest BCUT2D eigenvalue weighted by Crippen LogP contribution is 2.70. The van der Waals surface area contributed by atoms with Gasteiger partial charge in [0.15, 0.2) is 14.1 Å². The van der Waals surface area contributed by atoms with Crippen molar-refractivity contribution in [3.05, 3.63) is 0 Å². The standard InChI is InChI=1S/C31H52O4Si/c1-11-15-31(32)18-14-22-24-21(13-17-30(22,31)8)29(7)16-12-20(35-36(9,10)27(2,3)4)19-23(29)25-26(24)34-28(5,6)33-25/h20-26,32H,12-14,16-19H2,1-10H3/t20-,21?,22?,23?,24?,25+,26+,29+,30-,31-/m0/s1. The van der Waals surface area contributed by atoms with Crippen molar-refractivity contribution in [3.8, 4) is 11.8 Å². The van der Waals surface area contributed by atoms with Gasteiger partial charge in [0.05, 0.1) is 12.2 Å². The lowest BCUT2D eigenvalue weighted by atomic mass is 9.43. The van der Waals surface area contributed by atoms with Gasteiger partial charge in [-0.2, -0.15) is 0 Å². The van der Waals surface area contributed by atoms with Crippen LogP contribution in [-0.4, -0.2) is 43.1 Å². The molecule has 1 saturated heterocycles. The van der Waals surface area contributed by atoms with E-state index in [2.05, 4.69) is 73.4 Å². The van der Waals surface area contributed by atoms with E-state index < -0.39 is 19.7 Å². The minimum atomic E-state index is -1.83. The third kappa shape index (κ3) is 3.83. The summed E-state index contributed by atoms with van der Waals surface area (Å²) in [7, 11) is -1.83. The maximum absolute atomic E-state index is 11.7. The second kappa shape index (κ2) is 8.31. The smallest absolute Gasteiger partial charge is 0.192 e. The van der Waals surface area contributed by atoms with Crippen LogP contribution in [0.3, 0.4) is 0 Å². The summed E-state index contributed by atoms with van der Waals surface area (Å²) < 4.78 is 20.6. The third-order valence-electron chi connectivity index (χ3n) is 12.2. The second-order valence-corrected chi connectivity index (χ2v) is 20.2. The van der Waals surface area contributed by atoms with Crippen molar-refractivity contribution in [1.29, 1.82) is 0 Å². The highest BCUT2D eigenvalue weighted by Gasteiger charge is 2.70. The molecule has 36 heavy (non-hydrogen) atoms. The summed E-state index contributed by atoms with van der Waals surface area (Å²) in [5.41, 5.74) is -0.834. The number of rotatable bonds is 2. The van der Waals surface area contributed by atoms with Crippen LogP contribution in [0, 0.1) is 46.3 Å². The van der Waals surface area contributed by atoms with Crippen LogP contribution in [0.4, 0.5) is 0 Å². The normalized spacial score (nSPS) is 49.8. The number of fused-ring (bicyclic) bond motifs is 8. The Morgan fingerprint density at radius 1 is 0.889 bits per heavy atom. The zero-order valence-electron chi connectivity index (χ0n) is 24.7. The molecule has 10 atom stereocenters. The van der Waals surface area contributed by atoms with Gasteiger partial charge in [-0.05, 0) is 113 Å². The van der Waals surface area contributed by atoms with E-state index in [9.17, 15) is 5.11 Å². The molecule has 0 aromatic carbocycles. The topological polar surface area (TPSA) is 47.9 Å². The van der Waals surface area contributed by atoms with Crippen LogP contribution in [-0.2, 0) is 13.9 Å². The fourth-order valence-corrected chi connectivity index (χ4v) is 10.7. The molecule has 0 aromatic rings. The largest absolute Gasteiger partial charge is 0.414 e. The summed E-state index contributed by atoms with van der Waals surface area (Å²) >= 11 is 0. The first-order valence-electron chi connectivity index (χ1n) is 14.7. The molecule has 4 nitrogen and oxygen atoms in total. The van der Waals surface area contributed by atoms with E-state index in [1.54, 1.807) is 0 Å². The van der Waals surface area contributed by atoms with Gasteiger partial charge in [0.2, 0.25) is 0 Å². The summed E-state index contributed by atoms with van der Waals surface area (Å²) in [6, 6.07) is 0. The summed E-state index contributed by atoms with van der Waals surface area (Å²) in [4.78, 5) is 0. The number of hydrogen-bond acceptors (Lipinski definition) is 4. The van der Waals surface area contributed by atoms with Crippen molar-refractivity contribution in [3.63, 3.8) is 0 Å². The predicted molar refractivity (Wildman–Crippen MR) is 147 cm³/mol. The molecular formula is C31H52O4Si. The number of ether oxygens (including phenoxy) is 2. The molecular weight excluding hydrogens is 464 g/mol. The van der Waals surface area contributed by atoms with Crippen LogP contribution in [0.15, 0.2) is 0 Å². The fraction of sp³-hybridized carbons (Fsp3) is 0.935. The van der Waals surface area contributed by atoms with Crippen molar-refractivity contribution < 1.29 is 19.0 Å². The Bertz CT molecular complexity index is 942. The Labute approximate surface area is 221 Å². The van der Waals surface area contributed by atoms with E-state index in [1.807, 2.05) is 6.92 Å². The van der Waals surface area contributed by atoms with Crippen molar-refractivity contribution in [1.82, 2.24) is 0 Å². The highest BCUT2D eigenvalue weighted by atomic mass is 28.4. The van der Waals surface area contributed by atoms with Crippen LogP contribution >= 0.6 is 0 Å². The first-order valence-corrected chi connectivity index (χ1v) is 17.6. The molecule has 4 aliphatic carbocycles. The first-order chi connectivity index (χ1) is 16.5. The average molecular weight is 517 g/mol. The lowest BCUT2D eigenvalue weighted by molar-refractivity contribution is -0.197. The van der Waals surface area contributed by atoms with E-state index in [-0.39, 0.29) is 28.1 Å². The summed E-state index contributed by atoms with van der Waals surface area (Å²) in [5, 5.41) is 11.9. The fourth-order valence-electron chi connectivity index (χ4n) is 9.28. The van der Waals surface area contributed by atoms with Crippen molar-refractivity contribution in [2.45, 2.75) is 148 Å². The van der Waals surface area contributed by atoms with Crippen LogP contribution in [0.25, 0.3) is 0 Å². The quantitative estimate of drug-likeness (QED) is 0.320. The van der Waals surface area contributed by atoms with Gasteiger partial charge in [0.1, 0.15) is 5.60 Å². The molecule has 1 heterocycles. The number of aliphatic hydroxyl groups is 1. The van der Waals surface area contributed by atoms with Crippen LogP contribution in [0.1, 0.15) is 100 Å². The molecule has 0 radical (unpaired) electrons. The van der Waals surface area contributed by atoms with Gasteiger partial charge in [-0.25, -0.2) is 0 Å². The zero-order chi connectivity index (χ0) is 26.5. The summed E-state index contributed by atoms with van der Waals surface area (Å²) in [5.74, 6) is 7.65. The monoisotopic (exact) mass is 516 g/mol. The molecule has 1 aliphatic heterocycles. The Morgan fingerprint density at radius 2 is 1.53 bits per heavy atom. The lowest BCUT2D eigenvalue weighted by Crippen LogP contribution is -2.64. The molecule has 0 bridgehead atoms. The van der Waals surface area contributed by atoms with Crippen molar-refractivity contribution in [2.75, 3.05) is 0 Å². The zero-order valence-corrected chi connectivity index (χ0v) is 25.7. The third-order valence-corrected chi connectivity index (χ3v) is 16.8. The molecule has 5 fully saturated rings. The Hall–Kier alpha value is -0.383. The van der Waals surface area contributed by atoms with Gasteiger partial charge in [-0.15, -0.1) is 5.92 Å². The lowest BCUT2D eigenvalue weighted by Gasteiger charge is -2.64. The second-order valence-electron chi connectivity index (χ2n) is 15.5. The molecule has 5 rings (SSSR count). The molecule has 4 unspecified atom stereocenters. The van der Waals surface area contributed by atoms with Crippen molar-refractivity contribution in [2.24, 2.45) is 34.5 Å². The molecule has 204 valence electrons. The first kappa shape index (κ1) is 27.2. The van der Waals surface area contributed by atoms with Gasteiger partial charge in [-0.1, -0.05) is 40.5 Å². The van der Waals surface area contributed by atoms with Gasteiger partial charge < -0.3 is 19.0 Å². The predicted octanol–water partition coefficient (Wildman–Crippen LogP) is 6.91. The maximum atomic E-state index is 11.7. The van der Waals surface area contributed by atoms with E-state index in [1.165, 1.54) is 6.42 Å². The van der Waals surface area contributed by atoms with Crippen LogP contribution in [0.2, 0.25) is 18.1 Å². The molecule has 0 amide bonds. The molecule has 0 spiro atoms. The Morgan fingerprint density at radius 3 is 2.17 bits per heavy atom. The summed E-state index contributed by atoms with van der Waals surface area (Å²) in [6.45, 7) is 22.8. The molecule has 0 aromatic heterocycles. The SMILES string of the molecule is CC#C[C@]1(O)CCC2C3C(CC[C@@]21C)[C@@]1(C)CC[C@H](O[Si](C)(C)C(C)(C)C)CC1[C@H]1OC(C)(C)O[C@H]31. The van der Waals surface area contributed by atoms with Gasteiger partial charge in [0, 0.05) is 11.5 Å². The van der Waals surface area contributed by atoms with E-state index in [4.69, 9.17) is 13.9 Å². The van der Waals surface area contributed by atoms with E-state index in [0.29, 0.717) is 29.8 Å². The van der Waals surface area contributed by atoms with Gasteiger partial charge in [0.25, 0.3) is 0 Å². The molecule has 4 saturated carbocycles. The van der Waals surface area contributed by atoms with Gasteiger partial charge >= 0.3 is 0 Å².